The van der Waals surface area contributed by atoms with Crippen LogP contribution in [0, 0.1) is 0 Å². The first kappa shape index (κ1) is 24.5. The molecule has 2 aromatic carbocycles. The summed E-state index contributed by atoms with van der Waals surface area (Å²) in [6, 6.07) is 11.4. The summed E-state index contributed by atoms with van der Waals surface area (Å²) in [5.41, 5.74) is 2.54. The second-order valence-electron chi connectivity index (χ2n) is 8.55. The normalized spacial score (nSPS) is 16.8. The number of benzene rings is 2. The fourth-order valence-electron chi connectivity index (χ4n) is 4.62. The van der Waals surface area contributed by atoms with E-state index in [1.54, 1.807) is 11.0 Å². The number of fused-ring (bicyclic) bond motifs is 1. The molecule has 2 heterocycles. The Labute approximate surface area is 208 Å². The van der Waals surface area contributed by atoms with Crippen LogP contribution in [-0.4, -0.2) is 60.1 Å². The monoisotopic (exact) mass is 555 g/mol. The Morgan fingerprint density at radius 1 is 1.18 bits per heavy atom. The number of sulfonamides is 1. The molecule has 1 saturated heterocycles. The van der Waals surface area contributed by atoms with Crippen molar-refractivity contribution in [3.05, 3.63) is 51.5 Å². The number of hydrogen-bond donors (Lipinski definition) is 2. The molecule has 2 aromatic rings. The van der Waals surface area contributed by atoms with Crippen LogP contribution in [0.2, 0.25) is 5.02 Å². The molecule has 1 amide bonds. The van der Waals surface area contributed by atoms with Gasteiger partial charge in [0.05, 0.1) is 38.4 Å². The molecule has 0 aliphatic carbocycles. The van der Waals surface area contributed by atoms with Gasteiger partial charge in [0.15, 0.2) is 0 Å². The highest BCUT2D eigenvalue weighted by molar-refractivity contribution is 9.10. The van der Waals surface area contributed by atoms with E-state index in [2.05, 4.69) is 31.6 Å². The van der Waals surface area contributed by atoms with Crippen molar-refractivity contribution >= 4 is 54.8 Å². The number of amides is 1. The lowest BCUT2D eigenvalue weighted by atomic mass is 10.2. The molecule has 2 N–H and O–H groups in total. The van der Waals surface area contributed by atoms with E-state index in [1.165, 1.54) is 11.8 Å². The molecule has 7 nitrogen and oxygen atoms in total. The lowest BCUT2D eigenvalue weighted by Crippen LogP contribution is -3.15. The molecular formula is C23H29BrClN4O3S+. The number of hydrogen-bond acceptors (Lipinski definition) is 4. The van der Waals surface area contributed by atoms with Gasteiger partial charge in [0, 0.05) is 41.6 Å². The van der Waals surface area contributed by atoms with Gasteiger partial charge in [0.1, 0.15) is 4.90 Å². The summed E-state index contributed by atoms with van der Waals surface area (Å²) in [7, 11) is -3.73. The predicted octanol–water partition coefficient (Wildman–Crippen LogP) is 2.09. The van der Waals surface area contributed by atoms with Gasteiger partial charge in [-0.2, -0.15) is 0 Å². The van der Waals surface area contributed by atoms with E-state index in [4.69, 9.17) is 11.6 Å². The lowest BCUT2D eigenvalue weighted by Gasteiger charge is -2.33. The van der Waals surface area contributed by atoms with Crippen molar-refractivity contribution in [3.63, 3.8) is 0 Å². The molecule has 10 heteroatoms. The van der Waals surface area contributed by atoms with Gasteiger partial charge in [-0.1, -0.05) is 33.6 Å². The summed E-state index contributed by atoms with van der Waals surface area (Å²) < 4.78 is 29.6. The SMILES string of the molecule is CC(=O)N1CCc2cc(Br)cc(S(=O)(=O)NCCC[NH+]3CCN(c4cccc(Cl)c4)CC3)c21. The second-order valence-corrected chi connectivity index (χ2v) is 11.6. The zero-order chi connectivity index (χ0) is 23.6. The van der Waals surface area contributed by atoms with Gasteiger partial charge in [-0.05, 0) is 42.3 Å². The summed E-state index contributed by atoms with van der Waals surface area (Å²) in [6.07, 6.45) is 1.40. The molecule has 0 unspecified atom stereocenters. The van der Waals surface area contributed by atoms with E-state index in [-0.39, 0.29) is 10.8 Å². The molecule has 178 valence electrons. The molecule has 4 rings (SSSR count). The van der Waals surface area contributed by atoms with Crippen molar-refractivity contribution in [3.8, 4) is 0 Å². The Hall–Kier alpha value is -1.65. The Balaban J connectivity index is 1.31. The third-order valence-electron chi connectivity index (χ3n) is 6.31. The zero-order valence-electron chi connectivity index (χ0n) is 18.6. The molecule has 33 heavy (non-hydrogen) atoms. The van der Waals surface area contributed by atoms with Gasteiger partial charge >= 0.3 is 0 Å². The second kappa shape index (κ2) is 10.3. The summed E-state index contributed by atoms with van der Waals surface area (Å²) in [5.74, 6) is -0.145. The third kappa shape index (κ3) is 5.71. The Morgan fingerprint density at radius 3 is 2.64 bits per heavy atom. The number of piperazine rings is 1. The van der Waals surface area contributed by atoms with Gasteiger partial charge < -0.3 is 14.7 Å². The summed E-state index contributed by atoms with van der Waals surface area (Å²) >= 11 is 9.53. The molecule has 0 spiro atoms. The summed E-state index contributed by atoms with van der Waals surface area (Å²) in [4.78, 5) is 17.6. The predicted molar refractivity (Wildman–Crippen MR) is 135 cm³/mol. The first-order chi connectivity index (χ1) is 15.7. The van der Waals surface area contributed by atoms with E-state index in [1.807, 2.05) is 24.3 Å². The van der Waals surface area contributed by atoms with Crippen molar-refractivity contribution in [1.29, 1.82) is 0 Å². The van der Waals surface area contributed by atoms with E-state index < -0.39 is 10.0 Å². The first-order valence-electron chi connectivity index (χ1n) is 11.2. The van der Waals surface area contributed by atoms with Gasteiger partial charge in [0.2, 0.25) is 15.9 Å². The molecule has 1 fully saturated rings. The van der Waals surface area contributed by atoms with Gasteiger partial charge in [-0.3, -0.25) is 4.79 Å². The number of anilines is 2. The van der Waals surface area contributed by atoms with Gasteiger partial charge in [-0.25, -0.2) is 13.1 Å². The van der Waals surface area contributed by atoms with Crippen LogP contribution in [0.5, 0.6) is 0 Å². The van der Waals surface area contributed by atoms with Gasteiger partial charge in [-0.15, -0.1) is 0 Å². The molecule has 0 radical (unpaired) electrons. The van der Waals surface area contributed by atoms with Crippen LogP contribution in [0.1, 0.15) is 18.9 Å². The van der Waals surface area contributed by atoms with Crippen LogP contribution in [-0.2, 0) is 21.2 Å². The maximum atomic E-state index is 13.1. The fraction of sp³-hybridized carbons (Fsp3) is 0.435. The minimum Gasteiger partial charge on any atom is -0.360 e. The summed E-state index contributed by atoms with van der Waals surface area (Å²) in [6.45, 7) is 7.16. The number of nitrogens with one attached hydrogen (secondary N) is 2. The largest absolute Gasteiger partial charge is 0.360 e. The topological polar surface area (TPSA) is 74.2 Å². The first-order valence-corrected chi connectivity index (χ1v) is 13.8. The molecule has 2 aliphatic heterocycles. The van der Waals surface area contributed by atoms with E-state index in [9.17, 15) is 13.2 Å². The standard InChI is InChI=1S/C23H28BrClN4O3S/c1-17(30)29-9-6-18-14-19(24)15-22(23(18)29)33(31,32)26-7-3-8-27-10-12-28(13-11-27)21-5-2-4-20(25)16-21/h2,4-5,14-16,26H,3,6-13H2,1H3/p+1. The van der Waals surface area contributed by atoms with Crippen molar-refractivity contribution in [2.45, 2.75) is 24.7 Å². The van der Waals surface area contributed by atoms with E-state index in [0.29, 0.717) is 29.7 Å². The van der Waals surface area contributed by atoms with Crippen molar-refractivity contribution in [1.82, 2.24) is 4.72 Å². The highest BCUT2D eigenvalue weighted by atomic mass is 79.9. The van der Waals surface area contributed by atoms with Crippen LogP contribution in [0.15, 0.2) is 45.8 Å². The number of carbonyl (C=O) groups excluding carboxylic acids is 1. The number of carbonyl (C=O) groups is 1. The maximum absolute atomic E-state index is 13.1. The minimum atomic E-state index is -3.73. The van der Waals surface area contributed by atoms with E-state index in [0.717, 1.165) is 55.4 Å². The lowest BCUT2D eigenvalue weighted by molar-refractivity contribution is -0.900. The number of halogens is 2. The Morgan fingerprint density at radius 2 is 1.94 bits per heavy atom. The third-order valence-corrected chi connectivity index (χ3v) is 8.47. The average molecular weight is 557 g/mol. The van der Waals surface area contributed by atoms with Crippen molar-refractivity contribution < 1.29 is 18.1 Å². The molecule has 0 bridgehead atoms. The van der Waals surface area contributed by atoms with E-state index >= 15 is 0 Å². The number of rotatable bonds is 7. The van der Waals surface area contributed by atoms with Crippen molar-refractivity contribution in [2.75, 3.05) is 55.6 Å². The smallest absolute Gasteiger partial charge is 0.242 e. The molecule has 2 aliphatic rings. The van der Waals surface area contributed by atoms with Crippen molar-refractivity contribution in [2.24, 2.45) is 0 Å². The molecular weight excluding hydrogens is 528 g/mol. The minimum absolute atomic E-state index is 0.145. The number of quaternary nitrogens is 1. The quantitative estimate of drug-likeness (QED) is 0.512. The number of nitrogens with zero attached hydrogens (tertiary/aromatic N) is 2. The zero-order valence-corrected chi connectivity index (χ0v) is 21.8. The Bertz CT molecular complexity index is 1140. The van der Waals surface area contributed by atoms with Crippen LogP contribution in [0.4, 0.5) is 11.4 Å². The highest BCUT2D eigenvalue weighted by Gasteiger charge is 2.31. The van der Waals surface area contributed by atoms with Crippen LogP contribution in [0.25, 0.3) is 0 Å². The maximum Gasteiger partial charge on any atom is 0.242 e. The molecule has 0 atom stereocenters. The Kier molecular flexibility index (Phi) is 7.65. The molecule has 0 aromatic heterocycles. The average Bonchev–Trinajstić information content (AvgIpc) is 3.20. The fourth-order valence-corrected chi connectivity index (χ4v) is 6.80. The highest BCUT2D eigenvalue weighted by Crippen LogP contribution is 2.37. The van der Waals surface area contributed by atoms with Crippen LogP contribution >= 0.6 is 27.5 Å². The molecule has 0 saturated carbocycles. The van der Waals surface area contributed by atoms with Crippen LogP contribution in [0.3, 0.4) is 0 Å². The summed E-state index contributed by atoms with van der Waals surface area (Å²) in [5, 5.41) is 0.747. The van der Waals surface area contributed by atoms with Gasteiger partial charge in [0.25, 0.3) is 0 Å². The van der Waals surface area contributed by atoms with Crippen LogP contribution < -0.4 is 19.4 Å².